The number of fused-ring (bicyclic) bond motifs is 1. The molecule has 2 aromatic carbocycles. The lowest BCUT2D eigenvalue weighted by atomic mass is 10.2. The zero-order valence-electron chi connectivity index (χ0n) is 10.0. The van der Waals surface area contributed by atoms with Gasteiger partial charge in [-0.1, -0.05) is 15.9 Å². The second kappa shape index (κ2) is 5.17. The fourth-order valence-electron chi connectivity index (χ4n) is 2.07. The van der Waals surface area contributed by atoms with E-state index in [9.17, 15) is 0 Å². The highest BCUT2D eigenvalue weighted by molar-refractivity contribution is 9.10. The van der Waals surface area contributed by atoms with Crippen LogP contribution in [0.4, 0.5) is 0 Å². The number of hydrogen-bond acceptors (Lipinski definition) is 2. The summed E-state index contributed by atoms with van der Waals surface area (Å²) in [5, 5.41) is 8.94. The average molecular weight is 409 g/mol. The standard InChI is InChI=1S/C14H7Br2N3S/c15-9-2-3-11-13(6-9)19(14(20)18-11)12-4-1-8(7-17)5-10(12)16/h1-6H,(H,18,20). The molecular weight excluding hydrogens is 402 g/mol. The summed E-state index contributed by atoms with van der Waals surface area (Å²) in [7, 11) is 0. The topological polar surface area (TPSA) is 44.5 Å². The Hall–Kier alpha value is -1.42. The van der Waals surface area contributed by atoms with Crippen LogP contribution in [0.3, 0.4) is 0 Å². The molecule has 0 saturated heterocycles. The number of hydrogen-bond donors (Lipinski definition) is 1. The van der Waals surface area contributed by atoms with E-state index in [2.05, 4.69) is 42.9 Å². The van der Waals surface area contributed by atoms with Crippen LogP contribution < -0.4 is 0 Å². The maximum absolute atomic E-state index is 8.94. The lowest BCUT2D eigenvalue weighted by Crippen LogP contribution is -1.95. The molecule has 0 aliphatic carbocycles. The van der Waals surface area contributed by atoms with Gasteiger partial charge in [-0.15, -0.1) is 0 Å². The van der Waals surface area contributed by atoms with Gasteiger partial charge in [0.25, 0.3) is 0 Å². The molecule has 0 fully saturated rings. The lowest BCUT2D eigenvalue weighted by Gasteiger charge is -2.07. The molecule has 0 atom stereocenters. The number of rotatable bonds is 1. The third-order valence-corrected chi connectivity index (χ3v) is 4.38. The van der Waals surface area contributed by atoms with Crippen molar-refractivity contribution in [2.45, 2.75) is 0 Å². The zero-order chi connectivity index (χ0) is 14.3. The van der Waals surface area contributed by atoms with Crippen LogP contribution in [-0.4, -0.2) is 9.55 Å². The molecule has 6 heteroatoms. The number of halogens is 2. The summed E-state index contributed by atoms with van der Waals surface area (Å²) < 4.78 is 4.37. The quantitative estimate of drug-likeness (QED) is 0.570. The van der Waals surface area contributed by atoms with Crippen molar-refractivity contribution in [2.24, 2.45) is 0 Å². The molecule has 0 bridgehead atoms. The van der Waals surface area contributed by atoms with Gasteiger partial charge in [0.15, 0.2) is 4.77 Å². The molecular formula is C14H7Br2N3S. The smallest absolute Gasteiger partial charge is 0.182 e. The van der Waals surface area contributed by atoms with Crippen LogP contribution >= 0.6 is 44.1 Å². The molecule has 0 aliphatic heterocycles. The highest BCUT2D eigenvalue weighted by Gasteiger charge is 2.10. The highest BCUT2D eigenvalue weighted by atomic mass is 79.9. The summed E-state index contributed by atoms with van der Waals surface area (Å²) in [6, 6.07) is 13.5. The van der Waals surface area contributed by atoms with Crippen LogP contribution in [0, 0.1) is 16.1 Å². The molecule has 0 unspecified atom stereocenters. The molecule has 0 saturated carbocycles. The van der Waals surface area contributed by atoms with Crippen molar-refractivity contribution in [1.82, 2.24) is 9.55 Å². The Balaban J connectivity index is 2.35. The first-order valence-corrected chi connectivity index (χ1v) is 7.70. The van der Waals surface area contributed by atoms with Gasteiger partial charge >= 0.3 is 0 Å². The van der Waals surface area contributed by atoms with E-state index in [-0.39, 0.29) is 0 Å². The van der Waals surface area contributed by atoms with Gasteiger partial charge in [0.05, 0.1) is 28.4 Å². The fraction of sp³-hybridized carbons (Fsp3) is 0. The zero-order valence-corrected chi connectivity index (χ0v) is 14.0. The van der Waals surface area contributed by atoms with Gasteiger partial charge in [-0.25, -0.2) is 0 Å². The van der Waals surface area contributed by atoms with Crippen molar-refractivity contribution in [3.05, 3.63) is 55.7 Å². The van der Waals surface area contributed by atoms with Gasteiger partial charge in [0.1, 0.15) is 0 Å². The first-order valence-electron chi connectivity index (χ1n) is 5.70. The Morgan fingerprint density at radius 3 is 2.65 bits per heavy atom. The Labute approximate surface area is 137 Å². The normalized spacial score (nSPS) is 10.7. The SMILES string of the molecule is N#Cc1ccc(-n2c(=S)[nH]c3ccc(Br)cc32)c(Br)c1. The summed E-state index contributed by atoms with van der Waals surface area (Å²) in [4.78, 5) is 3.18. The van der Waals surface area contributed by atoms with E-state index >= 15 is 0 Å². The molecule has 0 aliphatic rings. The highest BCUT2D eigenvalue weighted by Crippen LogP contribution is 2.28. The third-order valence-electron chi connectivity index (χ3n) is 2.96. The van der Waals surface area contributed by atoms with E-state index in [0.29, 0.717) is 10.3 Å². The van der Waals surface area contributed by atoms with Crippen molar-refractivity contribution < 1.29 is 0 Å². The van der Waals surface area contributed by atoms with Crippen LogP contribution in [0.25, 0.3) is 16.7 Å². The molecule has 0 radical (unpaired) electrons. The van der Waals surface area contributed by atoms with Gasteiger partial charge in [0.2, 0.25) is 0 Å². The van der Waals surface area contributed by atoms with Gasteiger partial charge in [-0.05, 0) is 64.5 Å². The van der Waals surface area contributed by atoms with Gasteiger partial charge in [0, 0.05) is 8.95 Å². The van der Waals surface area contributed by atoms with E-state index in [4.69, 9.17) is 17.5 Å². The summed E-state index contributed by atoms with van der Waals surface area (Å²) in [6.07, 6.45) is 0. The fourth-order valence-corrected chi connectivity index (χ4v) is 3.28. The summed E-state index contributed by atoms with van der Waals surface area (Å²) in [5.74, 6) is 0. The van der Waals surface area contributed by atoms with Crippen LogP contribution in [-0.2, 0) is 0 Å². The monoisotopic (exact) mass is 407 g/mol. The number of imidazole rings is 1. The molecule has 0 spiro atoms. The number of nitrogens with zero attached hydrogens (tertiary/aromatic N) is 2. The van der Waals surface area contributed by atoms with Crippen LogP contribution in [0.5, 0.6) is 0 Å². The van der Waals surface area contributed by atoms with E-state index in [1.807, 2.05) is 28.8 Å². The van der Waals surface area contributed by atoms with E-state index < -0.39 is 0 Å². The molecule has 98 valence electrons. The molecule has 20 heavy (non-hydrogen) atoms. The predicted molar refractivity (Wildman–Crippen MR) is 88.6 cm³/mol. The minimum Gasteiger partial charge on any atom is -0.330 e. The number of aromatic amines is 1. The largest absolute Gasteiger partial charge is 0.330 e. The van der Waals surface area contributed by atoms with Gasteiger partial charge < -0.3 is 4.98 Å². The number of benzene rings is 2. The van der Waals surface area contributed by atoms with Crippen molar-refractivity contribution >= 4 is 55.1 Å². The number of aromatic nitrogens is 2. The van der Waals surface area contributed by atoms with Crippen LogP contribution in [0.15, 0.2) is 45.3 Å². The van der Waals surface area contributed by atoms with Gasteiger partial charge in [-0.3, -0.25) is 4.57 Å². The van der Waals surface area contributed by atoms with Crippen molar-refractivity contribution in [3.63, 3.8) is 0 Å². The average Bonchev–Trinajstić information content (AvgIpc) is 2.74. The Morgan fingerprint density at radius 2 is 1.95 bits per heavy atom. The summed E-state index contributed by atoms with van der Waals surface area (Å²) >= 11 is 12.4. The Kier molecular flexibility index (Phi) is 3.50. The van der Waals surface area contributed by atoms with Gasteiger partial charge in [-0.2, -0.15) is 5.26 Å². The second-order valence-electron chi connectivity index (χ2n) is 4.21. The third kappa shape index (κ3) is 2.22. The van der Waals surface area contributed by atoms with Crippen molar-refractivity contribution in [2.75, 3.05) is 0 Å². The van der Waals surface area contributed by atoms with Crippen LogP contribution in [0.2, 0.25) is 0 Å². The maximum atomic E-state index is 8.94. The molecule has 3 aromatic rings. The first-order chi connectivity index (χ1) is 9.60. The summed E-state index contributed by atoms with van der Waals surface area (Å²) in [5.41, 5.74) is 3.45. The van der Waals surface area contributed by atoms with Crippen molar-refractivity contribution in [1.29, 1.82) is 5.26 Å². The van der Waals surface area contributed by atoms with E-state index in [1.54, 1.807) is 12.1 Å². The Morgan fingerprint density at radius 1 is 1.15 bits per heavy atom. The lowest BCUT2D eigenvalue weighted by molar-refractivity contribution is 1.06. The minimum absolute atomic E-state index is 0.605. The van der Waals surface area contributed by atoms with Crippen molar-refractivity contribution in [3.8, 4) is 11.8 Å². The second-order valence-corrected chi connectivity index (χ2v) is 6.36. The predicted octanol–water partition coefficient (Wildman–Crippen LogP) is 5.08. The number of nitriles is 1. The molecule has 0 amide bonds. The number of nitrogens with one attached hydrogen (secondary N) is 1. The molecule has 1 aromatic heterocycles. The van der Waals surface area contributed by atoms with E-state index in [1.165, 1.54) is 0 Å². The molecule has 3 rings (SSSR count). The first kappa shape index (κ1) is 13.6. The molecule has 1 heterocycles. The van der Waals surface area contributed by atoms with Crippen LogP contribution in [0.1, 0.15) is 5.56 Å². The van der Waals surface area contributed by atoms with E-state index in [0.717, 1.165) is 25.7 Å². The molecule has 1 N–H and O–H groups in total. The minimum atomic E-state index is 0.605. The number of H-pyrrole nitrogens is 1. The maximum Gasteiger partial charge on any atom is 0.182 e. The Bertz CT molecular complexity index is 918. The summed E-state index contributed by atoms with van der Waals surface area (Å²) in [6.45, 7) is 0. The molecule has 3 nitrogen and oxygen atoms in total.